The maximum absolute atomic E-state index is 5.40. The molecule has 0 aliphatic carbocycles. The first-order valence-electron chi connectivity index (χ1n) is 9.89. The molecule has 0 saturated carbocycles. The van der Waals surface area contributed by atoms with Crippen molar-refractivity contribution in [2.24, 2.45) is 0 Å². The number of benzene rings is 1. The molecule has 0 N–H and O–H groups in total. The Balaban J connectivity index is 1.35. The van der Waals surface area contributed by atoms with E-state index in [9.17, 15) is 0 Å². The van der Waals surface area contributed by atoms with Crippen LogP contribution in [0.3, 0.4) is 0 Å². The lowest BCUT2D eigenvalue weighted by Gasteiger charge is -2.41. The summed E-state index contributed by atoms with van der Waals surface area (Å²) in [7, 11) is 0. The number of ether oxygens (including phenoxy) is 1. The van der Waals surface area contributed by atoms with Gasteiger partial charge in [-0.25, -0.2) is 9.97 Å². The minimum atomic E-state index is 0.497. The average molecular weight is 367 g/mol. The predicted octanol–water partition coefficient (Wildman–Crippen LogP) is 2.33. The van der Waals surface area contributed by atoms with Crippen LogP contribution in [0.5, 0.6) is 0 Å². The Bertz CT molecular complexity index is 744. The maximum Gasteiger partial charge on any atom is 0.225 e. The highest BCUT2D eigenvalue weighted by molar-refractivity contribution is 5.53. The van der Waals surface area contributed by atoms with E-state index in [1.54, 1.807) is 0 Å². The number of morpholine rings is 1. The number of aromatic nitrogens is 2. The third-order valence-corrected chi connectivity index (χ3v) is 5.59. The highest BCUT2D eigenvalue weighted by Gasteiger charge is 2.24. The summed E-state index contributed by atoms with van der Waals surface area (Å²) < 4.78 is 5.40. The van der Waals surface area contributed by atoms with Gasteiger partial charge in [-0.05, 0) is 25.5 Å². The Morgan fingerprint density at radius 3 is 2.44 bits per heavy atom. The van der Waals surface area contributed by atoms with Gasteiger partial charge in [-0.15, -0.1) is 0 Å². The molecular weight excluding hydrogens is 338 g/mol. The van der Waals surface area contributed by atoms with Crippen molar-refractivity contribution in [3.63, 3.8) is 0 Å². The molecule has 2 aliphatic heterocycles. The summed E-state index contributed by atoms with van der Waals surface area (Å²) in [5, 5.41) is 0. The van der Waals surface area contributed by atoms with Gasteiger partial charge in [0.1, 0.15) is 0 Å². The van der Waals surface area contributed by atoms with E-state index in [1.165, 1.54) is 16.8 Å². The molecule has 0 spiro atoms. The van der Waals surface area contributed by atoms with Crippen LogP contribution in [0.25, 0.3) is 0 Å². The molecule has 6 heteroatoms. The van der Waals surface area contributed by atoms with Gasteiger partial charge in [0.15, 0.2) is 0 Å². The first-order chi connectivity index (χ1) is 13.2. The fourth-order valence-electron chi connectivity index (χ4n) is 3.96. The van der Waals surface area contributed by atoms with Crippen molar-refractivity contribution in [2.75, 3.05) is 55.7 Å². The molecule has 6 nitrogen and oxygen atoms in total. The maximum atomic E-state index is 5.40. The van der Waals surface area contributed by atoms with Gasteiger partial charge < -0.3 is 14.5 Å². The number of hydrogen-bond donors (Lipinski definition) is 0. The highest BCUT2D eigenvalue weighted by atomic mass is 16.5. The minimum absolute atomic E-state index is 0.497. The SMILES string of the molecule is Cc1ccccc1N1CCN(Cc2cnc(N3CCOCC3)nc2)[C@@H](C)C1. The lowest BCUT2D eigenvalue weighted by atomic mass is 10.1. The van der Waals surface area contributed by atoms with Crippen molar-refractivity contribution < 1.29 is 4.74 Å². The van der Waals surface area contributed by atoms with Gasteiger partial charge in [0, 0.05) is 69.0 Å². The fourth-order valence-corrected chi connectivity index (χ4v) is 3.96. The molecule has 1 aromatic carbocycles. The number of rotatable bonds is 4. The van der Waals surface area contributed by atoms with E-state index < -0.39 is 0 Å². The predicted molar refractivity (Wildman–Crippen MR) is 108 cm³/mol. The molecule has 4 rings (SSSR count). The molecule has 2 fully saturated rings. The van der Waals surface area contributed by atoms with Gasteiger partial charge in [0.05, 0.1) is 13.2 Å². The quantitative estimate of drug-likeness (QED) is 0.826. The van der Waals surface area contributed by atoms with Gasteiger partial charge in [-0.3, -0.25) is 4.90 Å². The highest BCUT2D eigenvalue weighted by Crippen LogP contribution is 2.23. The number of hydrogen-bond acceptors (Lipinski definition) is 6. The second-order valence-corrected chi connectivity index (χ2v) is 7.54. The van der Waals surface area contributed by atoms with Gasteiger partial charge in [-0.2, -0.15) is 0 Å². The number of aryl methyl sites for hydroxylation is 1. The second kappa shape index (κ2) is 8.23. The van der Waals surface area contributed by atoms with Crippen LogP contribution in [-0.4, -0.2) is 66.8 Å². The molecule has 0 radical (unpaired) electrons. The molecule has 1 aromatic heterocycles. The summed E-state index contributed by atoms with van der Waals surface area (Å²) in [6.07, 6.45) is 3.97. The molecular formula is C21H29N5O. The van der Waals surface area contributed by atoms with Gasteiger partial charge in [-0.1, -0.05) is 18.2 Å². The number of piperazine rings is 1. The fraction of sp³-hybridized carbons (Fsp3) is 0.524. The molecule has 144 valence electrons. The zero-order valence-electron chi connectivity index (χ0n) is 16.3. The third-order valence-electron chi connectivity index (χ3n) is 5.59. The number of nitrogens with zero attached hydrogens (tertiary/aromatic N) is 5. The van der Waals surface area contributed by atoms with Crippen molar-refractivity contribution in [1.29, 1.82) is 0 Å². The van der Waals surface area contributed by atoms with Crippen LogP contribution >= 0.6 is 0 Å². The van der Waals surface area contributed by atoms with Crippen molar-refractivity contribution in [3.05, 3.63) is 47.8 Å². The molecule has 2 saturated heterocycles. The Morgan fingerprint density at radius 2 is 1.74 bits per heavy atom. The molecule has 0 unspecified atom stereocenters. The molecule has 1 atom stereocenters. The molecule has 0 amide bonds. The van der Waals surface area contributed by atoms with E-state index in [1.807, 2.05) is 12.4 Å². The van der Waals surface area contributed by atoms with E-state index in [0.717, 1.165) is 58.4 Å². The molecule has 3 heterocycles. The van der Waals surface area contributed by atoms with Crippen LogP contribution in [0.15, 0.2) is 36.7 Å². The number of anilines is 2. The summed E-state index contributed by atoms with van der Waals surface area (Å²) in [5.41, 5.74) is 3.90. The molecule has 0 bridgehead atoms. The van der Waals surface area contributed by atoms with Crippen LogP contribution in [0.1, 0.15) is 18.1 Å². The zero-order valence-corrected chi connectivity index (χ0v) is 16.3. The summed E-state index contributed by atoms with van der Waals surface area (Å²) in [6, 6.07) is 9.17. The standard InChI is InChI=1S/C21H29N5O/c1-17-5-3-4-6-20(17)26-8-7-25(18(2)15-26)16-19-13-22-21(23-14-19)24-9-11-27-12-10-24/h3-6,13-14,18H,7-12,15-16H2,1-2H3/t18-/m0/s1. The van der Waals surface area contributed by atoms with Crippen LogP contribution in [-0.2, 0) is 11.3 Å². The van der Waals surface area contributed by atoms with Crippen molar-refractivity contribution in [3.8, 4) is 0 Å². The first kappa shape index (κ1) is 18.2. The van der Waals surface area contributed by atoms with Crippen LogP contribution in [0.4, 0.5) is 11.6 Å². The topological polar surface area (TPSA) is 44.7 Å². The lowest BCUT2D eigenvalue weighted by molar-refractivity contribution is 0.122. The van der Waals surface area contributed by atoms with Gasteiger partial charge in [0.2, 0.25) is 5.95 Å². The monoisotopic (exact) mass is 367 g/mol. The Morgan fingerprint density at radius 1 is 1.00 bits per heavy atom. The van der Waals surface area contributed by atoms with Crippen molar-refractivity contribution >= 4 is 11.6 Å². The van der Waals surface area contributed by atoms with E-state index in [0.29, 0.717) is 6.04 Å². The Kier molecular flexibility index (Phi) is 5.55. The van der Waals surface area contributed by atoms with Crippen molar-refractivity contribution in [2.45, 2.75) is 26.4 Å². The number of para-hydroxylation sites is 1. The largest absolute Gasteiger partial charge is 0.378 e. The summed E-state index contributed by atoms with van der Waals surface area (Å²) in [5.74, 6) is 0.819. The molecule has 27 heavy (non-hydrogen) atoms. The lowest BCUT2D eigenvalue weighted by Crippen LogP contribution is -2.51. The Labute approximate surface area is 161 Å². The second-order valence-electron chi connectivity index (χ2n) is 7.54. The van der Waals surface area contributed by atoms with Crippen LogP contribution in [0.2, 0.25) is 0 Å². The van der Waals surface area contributed by atoms with Crippen molar-refractivity contribution in [1.82, 2.24) is 14.9 Å². The van der Waals surface area contributed by atoms with E-state index >= 15 is 0 Å². The third kappa shape index (κ3) is 4.22. The average Bonchev–Trinajstić information content (AvgIpc) is 2.71. The summed E-state index contributed by atoms with van der Waals surface area (Å²) in [6.45, 7) is 11.8. The summed E-state index contributed by atoms with van der Waals surface area (Å²) in [4.78, 5) is 16.4. The minimum Gasteiger partial charge on any atom is -0.378 e. The van der Waals surface area contributed by atoms with Crippen LogP contribution in [0, 0.1) is 6.92 Å². The Hall–Kier alpha value is -2.18. The van der Waals surface area contributed by atoms with E-state index in [-0.39, 0.29) is 0 Å². The zero-order chi connectivity index (χ0) is 18.6. The normalized spacial score (nSPS) is 21.5. The van der Waals surface area contributed by atoms with E-state index in [2.05, 4.69) is 62.8 Å². The van der Waals surface area contributed by atoms with Gasteiger partial charge >= 0.3 is 0 Å². The molecule has 2 aliphatic rings. The van der Waals surface area contributed by atoms with Gasteiger partial charge in [0.25, 0.3) is 0 Å². The first-order valence-corrected chi connectivity index (χ1v) is 9.89. The summed E-state index contributed by atoms with van der Waals surface area (Å²) >= 11 is 0. The van der Waals surface area contributed by atoms with E-state index in [4.69, 9.17) is 4.74 Å². The molecule has 2 aromatic rings. The van der Waals surface area contributed by atoms with Crippen LogP contribution < -0.4 is 9.80 Å². The smallest absolute Gasteiger partial charge is 0.225 e.